The van der Waals surface area contributed by atoms with Gasteiger partial charge < -0.3 is 14.8 Å². The fourth-order valence-corrected chi connectivity index (χ4v) is 2.23. The molecule has 1 unspecified atom stereocenters. The number of amides is 1. The van der Waals surface area contributed by atoms with E-state index < -0.39 is 0 Å². The molecular weight excluding hydrogens is 274 g/mol. The predicted molar refractivity (Wildman–Crippen MR) is 62.4 cm³/mol. The summed E-state index contributed by atoms with van der Waals surface area (Å²) < 4.78 is 11.7. The van der Waals surface area contributed by atoms with E-state index in [1.165, 1.54) is 0 Å². The van der Waals surface area contributed by atoms with Gasteiger partial charge in [0.15, 0.2) is 0 Å². The van der Waals surface area contributed by atoms with Crippen molar-refractivity contribution in [1.82, 2.24) is 5.32 Å². The van der Waals surface area contributed by atoms with Gasteiger partial charge in [0.2, 0.25) is 5.91 Å². The summed E-state index contributed by atoms with van der Waals surface area (Å²) >= 11 is 3.42. The summed E-state index contributed by atoms with van der Waals surface area (Å²) in [5.74, 6) is 0.675. The van der Waals surface area contributed by atoms with Crippen molar-refractivity contribution < 1.29 is 14.3 Å². The summed E-state index contributed by atoms with van der Waals surface area (Å²) in [6.45, 7) is 0.575. The summed E-state index contributed by atoms with van der Waals surface area (Å²) in [5.41, 5.74) is 0.942. The van der Waals surface area contributed by atoms with Gasteiger partial charge in [-0.3, -0.25) is 4.79 Å². The van der Waals surface area contributed by atoms with Gasteiger partial charge in [0.25, 0.3) is 0 Å². The Balaban J connectivity index is 2.26. The van der Waals surface area contributed by atoms with Crippen LogP contribution >= 0.6 is 15.9 Å². The van der Waals surface area contributed by atoms with Crippen molar-refractivity contribution in [1.29, 1.82) is 0 Å². The Bertz CT molecular complexity index is 398. The largest absolute Gasteiger partial charge is 0.495 e. The van der Waals surface area contributed by atoms with Gasteiger partial charge in [-0.1, -0.05) is 12.1 Å². The van der Waals surface area contributed by atoms with Crippen molar-refractivity contribution in [2.24, 2.45) is 0 Å². The number of carbonyl (C=O) groups excluding carboxylic acids is 1. The molecule has 4 nitrogen and oxygen atoms in total. The molecule has 0 spiro atoms. The van der Waals surface area contributed by atoms with Crippen molar-refractivity contribution in [3.05, 3.63) is 28.2 Å². The molecule has 1 N–H and O–H groups in total. The maximum atomic E-state index is 11.0. The molecule has 0 bridgehead atoms. The number of morpholine rings is 1. The number of hydrogen-bond acceptors (Lipinski definition) is 3. The highest BCUT2D eigenvalue weighted by Gasteiger charge is 2.23. The third kappa shape index (κ3) is 2.20. The average Bonchev–Trinajstić information content (AvgIpc) is 2.30. The number of nitrogens with one attached hydrogen (secondary N) is 1. The Morgan fingerprint density at radius 3 is 3.00 bits per heavy atom. The van der Waals surface area contributed by atoms with Gasteiger partial charge in [-0.15, -0.1) is 0 Å². The normalized spacial score (nSPS) is 20.4. The van der Waals surface area contributed by atoms with E-state index in [0.29, 0.717) is 6.54 Å². The minimum absolute atomic E-state index is 0.0785. The second-order valence-electron chi connectivity index (χ2n) is 3.47. The van der Waals surface area contributed by atoms with Crippen LogP contribution in [0.15, 0.2) is 22.7 Å². The van der Waals surface area contributed by atoms with Crippen LogP contribution in [-0.2, 0) is 9.53 Å². The molecule has 1 aliphatic heterocycles. The third-order valence-corrected chi connectivity index (χ3v) is 3.07. The zero-order valence-corrected chi connectivity index (χ0v) is 10.4. The highest BCUT2D eigenvalue weighted by Crippen LogP contribution is 2.34. The number of ether oxygens (including phenoxy) is 2. The monoisotopic (exact) mass is 285 g/mol. The molecule has 86 valence electrons. The van der Waals surface area contributed by atoms with Crippen LogP contribution in [0, 0.1) is 0 Å². The quantitative estimate of drug-likeness (QED) is 0.899. The molecule has 1 aliphatic rings. The second kappa shape index (κ2) is 4.84. The lowest BCUT2D eigenvalue weighted by molar-refractivity contribution is -0.133. The van der Waals surface area contributed by atoms with Crippen LogP contribution < -0.4 is 10.1 Å². The summed E-state index contributed by atoms with van der Waals surface area (Å²) in [6, 6.07) is 5.76. The summed E-state index contributed by atoms with van der Waals surface area (Å²) in [4.78, 5) is 11.0. The Morgan fingerprint density at radius 2 is 2.38 bits per heavy atom. The van der Waals surface area contributed by atoms with Crippen LogP contribution in [0.1, 0.15) is 11.7 Å². The van der Waals surface area contributed by atoms with Crippen molar-refractivity contribution in [3.8, 4) is 5.75 Å². The van der Waals surface area contributed by atoms with Gasteiger partial charge >= 0.3 is 0 Å². The number of halogens is 1. The van der Waals surface area contributed by atoms with E-state index in [9.17, 15) is 4.79 Å². The number of methoxy groups -OCH3 is 1. The van der Waals surface area contributed by atoms with E-state index in [0.717, 1.165) is 15.8 Å². The topological polar surface area (TPSA) is 47.6 Å². The lowest BCUT2D eigenvalue weighted by Crippen LogP contribution is -2.38. The lowest BCUT2D eigenvalue weighted by Gasteiger charge is -2.25. The molecule has 1 aromatic carbocycles. The Kier molecular flexibility index (Phi) is 3.46. The van der Waals surface area contributed by atoms with Crippen molar-refractivity contribution in [2.75, 3.05) is 20.3 Å². The predicted octanol–water partition coefficient (Wildman–Crippen LogP) is 1.65. The van der Waals surface area contributed by atoms with Crippen LogP contribution in [0.3, 0.4) is 0 Å². The smallest absolute Gasteiger partial charge is 0.246 e. The van der Waals surface area contributed by atoms with Crippen molar-refractivity contribution in [3.63, 3.8) is 0 Å². The van der Waals surface area contributed by atoms with Crippen LogP contribution in [0.25, 0.3) is 0 Å². The minimum Gasteiger partial charge on any atom is -0.495 e. The highest BCUT2D eigenvalue weighted by atomic mass is 79.9. The molecule has 16 heavy (non-hydrogen) atoms. The van der Waals surface area contributed by atoms with Crippen LogP contribution in [-0.4, -0.2) is 26.2 Å². The number of benzene rings is 1. The summed E-state index contributed by atoms with van der Waals surface area (Å²) in [6.07, 6.45) is -0.148. The van der Waals surface area contributed by atoms with Crippen molar-refractivity contribution >= 4 is 21.8 Å². The van der Waals surface area contributed by atoms with E-state index >= 15 is 0 Å². The standard InChI is InChI=1S/C11H12BrNO3/c1-15-11-7(3-2-4-8(11)12)9-5-13-10(14)6-16-9/h2-4,9H,5-6H2,1H3,(H,13,14). The molecule has 1 heterocycles. The number of carbonyl (C=O) groups is 1. The van der Waals surface area contributed by atoms with Crippen LogP contribution in [0.5, 0.6) is 5.75 Å². The number of para-hydroxylation sites is 1. The van der Waals surface area contributed by atoms with Gasteiger partial charge in [0, 0.05) is 12.1 Å². The lowest BCUT2D eigenvalue weighted by atomic mass is 10.1. The van der Waals surface area contributed by atoms with Gasteiger partial charge in [-0.05, 0) is 22.0 Å². The van der Waals surface area contributed by atoms with Gasteiger partial charge in [-0.25, -0.2) is 0 Å². The first-order valence-electron chi connectivity index (χ1n) is 4.93. The van der Waals surface area contributed by atoms with E-state index in [1.54, 1.807) is 7.11 Å². The zero-order valence-electron chi connectivity index (χ0n) is 8.83. The first-order valence-corrected chi connectivity index (χ1v) is 5.72. The van der Waals surface area contributed by atoms with E-state index in [-0.39, 0.29) is 18.6 Å². The SMILES string of the molecule is COc1c(Br)cccc1C1CNC(=O)CO1. The summed E-state index contributed by atoms with van der Waals surface area (Å²) in [5, 5.41) is 2.77. The third-order valence-electron chi connectivity index (χ3n) is 2.45. The van der Waals surface area contributed by atoms with Gasteiger partial charge in [0.05, 0.1) is 11.6 Å². The molecule has 1 aromatic rings. The maximum Gasteiger partial charge on any atom is 0.246 e. The molecule has 1 atom stereocenters. The molecule has 1 fully saturated rings. The van der Waals surface area contributed by atoms with E-state index in [2.05, 4.69) is 21.2 Å². The van der Waals surface area contributed by atoms with E-state index in [1.807, 2.05) is 18.2 Å². The molecule has 0 radical (unpaired) electrons. The van der Waals surface area contributed by atoms with Crippen LogP contribution in [0.4, 0.5) is 0 Å². The molecule has 2 rings (SSSR count). The Labute approximate surface area is 102 Å². The molecule has 0 saturated carbocycles. The van der Waals surface area contributed by atoms with Crippen LogP contribution in [0.2, 0.25) is 0 Å². The fraction of sp³-hybridized carbons (Fsp3) is 0.364. The first kappa shape index (κ1) is 11.4. The minimum atomic E-state index is -0.148. The van der Waals surface area contributed by atoms with Gasteiger partial charge in [0.1, 0.15) is 18.5 Å². The maximum absolute atomic E-state index is 11.0. The molecule has 0 aliphatic carbocycles. The first-order chi connectivity index (χ1) is 7.72. The average molecular weight is 286 g/mol. The Morgan fingerprint density at radius 1 is 1.56 bits per heavy atom. The highest BCUT2D eigenvalue weighted by molar-refractivity contribution is 9.10. The molecule has 0 aromatic heterocycles. The Hall–Kier alpha value is -1.07. The second-order valence-corrected chi connectivity index (χ2v) is 4.32. The van der Waals surface area contributed by atoms with Gasteiger partial charge in [-0.2, -0.15) is 0 Å². The summed E-state index contributed by atoms with van der Waals surface area (Å²) in [7, 11) is 1.62. The molecule has 5 heteroatoms. The molecule has 1 saturated heterocycles. The zero-order chi connectivity index (χ0) is 11.5. The number of hydrogen-bond donors (Lipinski definition) is 1. The van der Waals surface area contributed by atoms with E-state index in [4.69, 9.17) is 9.47 Å². The molecular formula is C11H12BrNO3. The van der Waals surface area contributed by atoms with Crippen molar-refractivity contribution in [2.45, 2.75) is 6.10 Å². The molecule has 1 amide bonds. The fourth-order valence-electron chi connectivity index (χ4n) is 1.69. The number of rotatable bonds is 2.